The number of aryl methyl sites for hydroxylation is 1. The summed E-state index contributed by atoms with van der Waals surface area (Å²) in [6.45, 7) is 3.82. The van der Waals surface area contributed by atoms with E-state index in [2.05, 4.69) is 20.8 Å². The molecule has 0 saturated carbocycles. The summed E-state index contributed by atoms with van der Waals surface area (Å²) in [7, 11) is 0. The zero-order valence-corrected chi connectivity index (χ0v) is 24.1. The van der Waals surface area contributed by atoms with Crippen LogP contribution in [-0.4, -0.2) is 44.4 Å². The lowest BCUT2D eigenvalue weighted by atomic mass is 10.1. The lowest BCUT2D eigenvalue weighted by Gasteiger charge is -2.14. The van der Waals surface area contributed by atoms with E-state index in [1.54, 1.807) is 48.7 Å². The van der Waals surface area contributed by atoms with Crippen molar-refractivity contribution < 1.29 is 23.5 Å². The third-order valence-electron chi connectivity index (χ3n) is 6.21. The number of anilines is 1. The third kappa shape index (κ3) is 5.93. The van der Waals surface area contributed by atoms with Crippen LogP contribution in [0.5, 0.6) is 0 Å². The fourth-order valence-corrected chi connectivity index (χ4v) is 6.71. The number of fused-ring (bicyclic) bond motifs is 1. The number of thioether (sulfide) groups is 1. The zero-order valence-electron chi connectivity index (χ0n) is 21.7. The van der Waals surface area contributed by atoms with Crippen molar-refractivity contribution in [3.63, 3.8) is 0 Å². The molecule has 0 aliphatic heterocycles. The smallest absolute Gasteiger partial charge is 0.341 e. The first-order chi connectivity index (χ1) is 19.4. The monoisotopic (exact) mass is 599 g/mol. The van der Waals surface area contributed by atoms with Gasteiger partial charge in [0, 0.05) is 9.90 Å². The Kier molecular flexibility index (Phi) is 8.57. The van der Waals surface area contributed by atoms with E-state index >= 15 is 0 Å². The molecule has 40 heavy (non-hydrogen) atoms. The molecule has 0 fully saturated rings. The number of esters is 1. The number of carbonyl (C=O) groups excluding carboxylic acids is 3. The summed E-state index contributed by atoms with van der Waals surface area (Å²) >= 11 is 8.89. The predicted octanol–water partition coefficient (Wildman–Crippen LogP) is 5.29. The summed E-state index contributed by atoms with van der Waals surface area (Å²) in [6.07, 6.45) is 4.08. The summed E-state index contributed by atoms with van der Waals surface area (Å²) in [5, 5.41) is 15.2. The van der Waals surface area contributed by atoms with Crippen molar-refractivity contribution in [3.05, 3.63) is 75.3 Å². The van der Waals surface area contributed by atoms with Crippen molar-refractivity contribution in [1.29, 1.82) is 0 Å². The molecule has 10 nitrogen and oxygen atoms in total. The van der Waals surface area contributed by atoms with Gasteiger partial charge in [0.15, 0.2) is 16.7 Å². The van der Waals surface area contributed by atoms with Crippen molar-refractivity contribution in [2.24, 2.45) is 0 Å². The van der Waals surface area contributed by atoms with Crippen LogP contribution >= 0.6 is 34.7 Å². The van der Waals surface area contributed by atoms with Crippen LogP contribution in [0.15, 0.2) is 52.2 Å². The van der Waals surface area contributed by atoms with Crippen LogP contribution in [0, 0.1) is 0 Å². The molecule has 1 atom stereocenters. The van der Waals surface area contributed by atoms with E-state index in [1.165, 1.54) is 29.4 Å². The highest BCUT2D eigenvalue weighted by Crippen LogP contribution is 2.40. The normalized spacial score (nSPS) is 13.1. The lowest BCUT2D eigenvalue weighted by Crippen LogP contribution is -2.25. The number of amides is 2. The number of hydrogen-bond acceptors (Lipinski definition) is 9. The van der Waals surface area contributed by atoms with Crippen LogP contribution in [0.4, 0.5) is 5.00 Å². The maximum absolute atomic E-state index is 13.3. The van der Waals surface area contributed by atoms with Gasteiger partial charge in [-0.15, -0.1) is 21.5 Å². The molecule has 0 spiro atoms. The maximum Gasteiger partial charge on any atom is 0.341 e. The first-order valence-corrected chi connectivity index (χ1v) is 14.7. The molecule has 0 radical (unpaired) electrons. The SMILES string of the molecule is CCOC(=O)c1c(NC(=O)[C@@H](C)Sc2nnc(CNC(=O)c3ccco3)n2-c2cccc(Cl)c2)sc2c1CCC2. The second-order valence-electron chi connectivity index (χ2n) is 8.91. The molecule has 4 aromatic rings. The summed E-state index contributed by atoms with van der Waals surface area (Å²) in [5.41, 5.74) is 2.11. The Morgan fingerprint density at radius 3 is 2.83 bits per heavy atom. The van der Waals surface area contributed by atoms with Crippen molar-refractivity contribution in [2.45, 2.75) is 50.1 Å². The molecule has 1 aliphatic carbocycles. The maximum atomic E-state index is 13.3. The van der Waals surface area contributed by atoms with Gasteiger partial charge in [-0.3, -0.25) is 14.2 Å². The highest BCUT2D eigenvalue weighted by molar-refractivity contribution is 8.00. The molecule has 2 N–H and O–H groups in total. The Labute approximate surface area is 243 Å². The number of aromatic nitrogens is 3. The Bertz CT molecular complexity index is 1550. The predicted molar refractivity (Wildman–Crippen MR) is 152 cm³/mol. The minimum atomic E-state index is -0.598. The summed E-state index contributed by atoms with van der Waals surface area (Å²) in [4.78, 5) is 39.5. The van der Waals surface area contributed by atoms with Gasteiger partial charge in [-0.05, 0) is 69.0 Å². The number of halogens is 1. The van der Waals surface area contributed by atoms with Gasteiger partial charge < -0.3 is 19.8 Å². The van der Waals surface area contributed by atoms with Gasteiger partial charge >= 0.3 is 5.97 Å². The Morgan fingerprint density at radius 1 is 1.23 bits per heavy atom. The topological polar surface area (TPSA) is 128 Å². The number of thiophene rings is 1. The fraction of sp³-hybridized carbons (Fsp3) is 0.296. The van der Waals surface area contributed by atoms with Gasteiger partial charge in [-0.2, -0.15) is 0 Å². The molecule has 0 saturated heterocycles. The van der Waals surface area contributed by atoms with E-state index in [9.17, 15) is 14.4 Å². The molecule has 2 amide bonds. The van der Waals surface area contributed by atoms with Gasteiger partial charge in [0.25, 0.3) is 5.91 Å². The zero-order chi connectivity index (χ0) is 28.2. The van der Waals surface area contributed by atoms with Gasteiger partial charge in [-0.1, -0.05) is 29.4 Å². The van der Waals surface area contributed by atoms with Crippen LogP contribution in [0.2, 0.25) is 5.02 Å². The average Bonchev–Trinajstić information content (AvgIpc) is 3.72. The number of carbonyl (C=O) groups is 3. The van der Waals surface area contributed by atoms with Crippen molar-refractivity contribution in [1.82, 2.24) is 20.1 Å². The quantitative estimate of drug-likeness (QED) is 0.186. The van der Waals surface area contributed by atoms with E-state index in [1.807, 2.05) is 6.07 Å². The molecular weight excluding hydrogens is 574 g/mol. The highest BCUT2D eigenvalue weighted by Gasteiger charge is 2.30. The first-order valence-electron chi connectivity index (χ1n) is 12.7. The standard InChI is InChI=1S/C27H26ClN5O5S2/c1-3-37-26(36)22-18-9-5-11-20(18)40-25(22)30-23(34)15(2)39-27-32-31-21(14-29-24(35)19-10-6-12-38-19)33(27)17-8-4-7-16(28)13-17/h4,6-8,10,12-13,15H,3,5,9,11,14H2,1-2H3,(H,29,35)(H,30,34)/t15-/m1/s1. The molecule has 0 unspecified atom stereocenters. The number of ether oxygens (including phenoxy) is 1. The molecule has 3 heterocycles. The van der Waals surface area contributed by atoms with Gasteiger partial charge in [0.1, 0.15) is 5.00 Å². The number of nitrogens with one attached hydrogen (secondary N) is 2. The van der Waals surface area contributed by atoms with Gasteiger partial charge in [-0.25, -0.2) is 4.79 Å². The van der Waals surface area contributed by atoms with E-state index in [-0.39, 0.29) is 24.8 Å². The first kappa shape index (κ1) is 27.9. The van der Waals surface area contributed by atoms with E-state index in [4.69, 9.17) is 20.8 Å². The Hall–Kier alpha value is -3.61. The molecule has 0 bridgehead atoms. The van der Waals surface area contributed by atoms with E-state index in [0.29, 0.717) is 32.3 Å². The van der Waals surface area contributed by atoms with Crippen molar-refractivity contribution in [2.75, 3.05) is 11.9 Å². The van der Waals surface area contributed by atoms with Crippen LogP contribution in [0.3, 0.4) is 0 Å². The molecule has 13 heteroatoms. The Balaban J connectivity index is 1.36. The van der Waals surface area contributed by atoms with Crippen molar-refractivity contribution >= 4 is 57.5 Å². The van der Waals surface area contributed by atoms with Crippen LogP contribution in [0.25, 0.3) is 5.69 Å². The highest BCUT2D eigenvalue weighted by atomic mass is 35.5. The number of nitrogens with zero attached hydrogens (tertiary/aromatic N) is 3. The van der Waals surface area contributed by atoms with E-state index in [0.717, 1.165) is 29.7 Å². The molecule has 208 valence electrons. The lowest BCUT2D eigenvalue weighted by molar-refractivity contribution is -0.115. The summed E-state index contributed by atoms with van der Waals surface area (Å²) in [6, 6.07) is 10.3. The number of hydrogen-bond donors (Lipinski definition) is 2. The molecule has 1 aliphatic rings. The molecule has 1 aromatic carbocycles. The largest absolute Gasteiger partial charge is 0.462 e. The minimum absolute atomic E-state index is 0.0594. The second kappa shape index (κ2) is 12.3. The third-order valence-corrected chi connectivity index (χ3v) is 8.69. The second-order valence-corrected chi connectivity index (χ2v) is 11.8. The van der Waals surface area contributed by atoms with Crippen LogP contribution < -0.4 is 10.6 Å². The summed E-state index contributed by atoms with van der Waals surface area (Å²) in [5.74, 6) is -0.483. The van der Waals surface area contributed by atoms with Gasteiger partial charge in [0.2, 0.25) is 5.91 Å². The molecule has 5 rings (SSSR count). The van der Waals surface area contributed by atoms with E-state index < -0.39 is 17.1 Å². The average molecular weight is 600 g/mol. The molecule has 3 aromatic heterocycles. The molecular formula is C27H26ClN5O5S2. The number of furan rings is 1. The summed E-state index contributed by atoms with van der Waals surface area (Å²) < 4.78 is 12.2. The fourth-order valence-electron chi connectivity index (χ4n) is 4.36. The number of rotatable bonds is 10. The van der Waals surface area contributed by atoms with Crippen molar-refractivity contribution in [3.8, 4) is 5.69 Å². The van der Waals surface area contributed by atoms with Crippen LogP contribution in [-0.2, 0) is 28.9 Å². The van der Waals surface area contributed by atoms with Crippen LogP contribution in [0.1, 0.15) is 57.4 Å². The van der Waals surface area contributed by atoms with Gasteiger partial charge in [0.05, 0.1) is 35.9 Å². The number of benzene rings is 1. The Morgan fingerprint density at radius 2 is 2.08 bits per heavy atom. The minimum Gasteiger partial charge on any atom is -0.462 e.